The van der Waals surface area contributed by atoms with E-state index in [-0.39, 0.29) is 11.8 Å². The number of benzene rings is 1. The summed E-state index contributed by atoms with van der Waals surface area (Å²) in [6.07, 6.45) is 1.56. The zero-order valence-corrected chi connectivity index (χ0v) is 13.3. The number of anilines is 1. The summed E-state index contributed by atoms with van der Waals surface area (Å²) in [4.78, 5) is 28.1. The summed E-state index contributed by atoms with van der Waals surface area (Å²) < 4.78 is 10.0. The molecule has 0 unspecified atom stereocenters. The SMILES string of the molecule is CCOc1ncccc1C(=O)Nc1cc(C(=O)OC)ccc1C. The third kappa shape index (κ3) is 3.85. The van der Waals surface area contributed by atoms with Crippen LogP contribution in [0, 0.1) is 6.92 Å². The van der Waals surface area contributed by atoms with Gasteiger partial charge in [0.05, 0.1) is 19.3 Å². The lowest BCUT2D eigenvalue weighted by molar-refractivity contribution is 0.0600. The molecular weight excluding hydrogens is 296 g/mol. The van der Waals surface area contributed by atoms with E-state index in [1.807, 2.05) is 13.8 Å². The number of ether oxygens (including phenoxy) is 2. The Morgan fingerprint density at radius 2 is 2.04 bits per heavy atom. The first-order valence-electron chi connectivity index (χ1n) is 7.15. The van der Waals surface area contributed by atoms with Crippen molar-refractivity contribution in [2.75, 3.05) is 19.0 Å². The molecule has 1 aromatic heterocycles. The first-order valence-corrected chi connectivity index (χ1v) is 7.15. The van der Waals surface area contributed by atoms with Gasteiger partial charge < -0.3 is 14.8 Å². The molecule has 1 aromatic carbocycles. The maximum Gasteiger partial charge on any atom is 0.337 e. The van der Waals surface area contributed by atoms with E-state index in [4.69, 9.17) is 9.47 Å². The molecule has 0 bridgehead atoms. The minimum Gasteiger partial charge on any atom is -0.477 e. The smallest absolute Gasteiger partial charge is 0.337 e. The molecular formula is C17H18N2O4. The molecule has 6 heteroatoms. The number of hydrogen-bond donors (Lipinski definition) is 1. The Hall–Kier alpha value is -2.89. The number of hydrogen-bond acceptors (Lipinski definition) is 5. The highest BCUT2D eigenvalue weighted by atomic mass is 16.5. The highest BCUT2D eigenvalue weighted by molar-refractivity contribution is 6.06. The quantitative estimate of drug-likeness (QED) is 0.859. The summed E-state index contributed by atoms with van der Waals surface area (Å²) in [5, 5.41) is 2.78. The van der Waals surface area contributed by atoms with Crippen LogP contribution in [0.2, 0.25) is 0 Å². The number of nitrogens with zero attached hydrogens (tertiary/aromatic N) is 1. The standard InChI is InChI=1S/C17H18N2O4/c1-4-23-16-13(6-5-9-18-16)15(20)19-14-10-12(17(21)22-3)8-7-11(14)2/h5-10H,4H2,1-3H3,(H,19,20). The molecule has 0 spiro atoms. The van der Waals surface area contributed by atoms with Crippen molar-refractivity contribution in [2.24, 2.45) is 0 Å². The van der Waals surface area contributed by atoms with Crippen LogP contribution in [0.3, 0.4) is 0 Å². The Balaban J connectivity index is 2.28. The second-order valence-corrected chi connectivity index (χ2v) is 4.76. The van der Waals surface area contributed by atoms with E-state index >= 15 is 0 Å². The molecule has 120 valence electrons. The van der Waals surface area contributed by atoms with E-state index in [2.05, 4.69) is 10.3 Å². The van der Waals surface area contributed by atoms with Crippen LogP contribution in [0.25, 0.3) is 0 Å². The predicted molar refractivity (Wildman–Crippen MR) is 85.9 cm³/mol. The van der Waals surface area contributed by atoms with Gasteiger partial charge in [0, 0.05) is 11.9 Å². The summed E-state index contributed by atoms with van der Waals surface area (Å²) in [5.74, 6) is -0.544. The highest BCUT2D eigenvalue weighted by Crippen LogP contribution is 2.21. The molecule has 1 N–H and O–H groups in total. The predicted octanol–water partition coefficient (Wildman–Crippen LogP) is 2.83. The van der Waals surface area contributed by atoms with Gasteiger partial charge in [0.25, 0.3) is 5.91 Å². The fourth-order valence-electron chi connectivity index (χ4n) is 2.01. The molecule has 23 heavy (non-hydrogen) atoms. The van der Waals surface area contributed by atoms with E-state index in [9.17, 15) is 9.59 Å². The molecule has 0 aliphatic carbocycles. The van der Waals surface area contributed by atoms with Crippen molar-refractivity contribution in [1.82, 2.24) is 4.98 Å². The number of carbonyl (C=O) groups excluding carboxylic acids is 2. The number of aryl methyl sites for hydroxylation is 1. The van der Waals surface area contributed by atoms with Crippen LogP contribution in [-0.2, 0) is 4.74 Å². The van der Waals surface area contributed by atoms with Gasteiger partial charge in [-0.3, -0.25) is 4.79 Å². The number of nitrogens with one attached hydrogen (secondary N) is 1. The molecule has 1 heterocycles. The maximum absolute atomic E-state index is 12.5. The Morgan fingerprint density at radius 1 is 1.26 bits per heavy atom. The molecule has 0 aliphatic heterocycles. The summed E-state index contributed by atoms with van der Waals surface area (Å²) >= 11 is 0. The summed E-state index contributed by atoms with van der Waals surface area (Å²) in [7, 11) is 1.31. The van der Waals surface area contributed by atoms with Crippen LogP contribution < -0.4 is 10.1 Å². The van der Waals surface area contributed by atoms with Crippen molar-refractivity contribution in [3.63, 3.8) is 0 Å². The number of carbonyl (C=O) groups is 2. The molecule has 2 aromatic rings. The largest absolute Gasteiger partial charge is 0.477 e. The van der Waals surface area contributed by atoms with Gasteiger partial charge in [-0.25, -0.2) is 9.78 Å². The van der Waals surface area contributed by atoms with E-state index < -0.39 is 5.97 Å². The van der Waals surface area contributed by atoms with E-state index in [1.54, 1.807) is 36.5 Å². The van der Waals surface area contributed by atoms with Crippen LogP contribution in [0.15, 0.2) is 36.5 Å². The van der Waals surface area contributed by atoms with Gasteiger partial charge in [-0.15, -0.1) is 0 Å². The number of amides is 1. The van der Waals surface area contributed by atoms with E-state index in [0.29, 0.717) is 23.4 Å². The fourth-order valence-corrected chi connectivity index (χ4v) is 2.01. The molecule has 1 amide bonds. The Morgan fingerprint density at radius 3 is 2.74 bits per heavy atom. The number of rotatable bonds is 5. The van der Waals surface area contributed by atoms with Gasteiger partial charge in [-0.2, -0.15) is 0 Å². The third-order valence-corrected chi connectivity index (χ3v) is 3.20. The number of methoxy groups -OCH3 is 1. The molecule has 2 rings (SSSR count). The van der Waals surface area contributed by atoms with Crippen LogP contribution >= 0.6 is 0 Å². The van der Waals surface area contributed by atoms with Gasteiger partial charge >= 0.3 is 5.97 Å². The Bertz CT molecular complexity index is 728. The van der Waals surface area contributed by atoms with Gasteiger partial charge in [0.15, 0.2) is 0 Å². The summed E-state index contributed by atoms with van der Waals surface area (Å²) in [6, 6.07) is 8.26. The lowest BCUT2D eigenvalue weighted by Crippen LogP contribution is -2.15. The molecule has 0 saturated carbocycles. The highest BCUT2D eigenvalue weighted by Gasteiger charge is 2.15. The molecule has 0 aliphatic rings. The Labute approximate surface area is 134 Å². The minimum absolute atomic E-state index is 0.272. The summed E-state index contributed by atoms with van der Waals surface area (Å²) in [5.41, 5.74) is 2.05. The average Bonchev–Trinajstić information content (AvgIpc) is 2.57. The molecule has 0 fully saturated rings. The first-order chi connectivity index (χ1) is 11.1. The lowest BCUT2D eigenvalue weighted by atomic mass is 10.1. The third-order valence-electron chi connectivity index (χ3n) is 3.20. The maximum atomic E-state index is 12.5. The minimum atomic E-state index is -0.461. The van der Waals surface area contributed by atoms with Crippen molar-refractivity contribution in [1.29, 1.82) is 0 Å². The van der Waals surface area contributed by atoms with Crippen molar-refractivity contribution in [2.45, 2.75) is 13.8 Å². The van der Waals surface area contributed by atoms with Crippen molar-refractivity contribution in [3.05, 3.63) is 53.2 Å². The van der Waals surface area contributed by atoms with Crippen LogP contribution in [0.5, 0.6) is 5.88 Å². The van der Waals surface area contributed by atoms with Crippen molar-refractivity contribution < 1.29 is 19.1 Å². The van der Waals surface area contributed by atoms with Crippen LogP contribution in [0.1, 0.15) is 33.2 Å². The Kier molecular flexibility index (Phi) is 5.30. The zero-order chi connectivity index (χ0) is 16.8. The van der Waals surface area contributed by atoms with E-state index in [0.717, 1.165) is 5.56 Å². The van der Waals surface area contributed by atoms with Crippen LogP contribution in [-0.4, -0.2) is 30.6 Å². The van der Waals surface area contributed by atoms with Crippen LogP contribution in [0.4, 0.5) is 5.69 Å². The molecule has 6 nitrogen and oxygen atoms in total. The normalized spacial score (nSPS) is 10.0. The van der Waals surface area contributed by atoms with Gasteiger partial charge in [0.1, 0.15) is 5.56 Å². The van der Waals surface area contributed by atoms with E-state index in [1.165, 1.54) is 7.11 Å². The van der Waals surface area contributed by atoms with Gasteiger partial charge in [0.2, 0.25) is 5.88 Å². The van der Waals surface area contributed by atoms with Gasteiger partial charge in [-0.1, -0.05) is 6.07 Å². The first kappa shape index (κ1) is 16.5. The zero-order valence-electron chi connectivity index (χ0n) is 13.3. The number of aromatic nitrogens is 1. The fraction of sp³-hybridized carbons (Fsp3) is 0.235. The number of pyridine rings is 1. The number of esters is 1. The van der Waals surface area contributed by atoms with Crippen molar-refractivity contribution >= 4 is 17.6 Å². The monoisotopic (exact) mass is 314 g/mol. The molecule has 0 saturated heterocycles. The molecule has 0 radical (unpaired) electrons. The lowest BCUT2D eigenvalue weighted by Gasteiger charge is -2.12. The second-order valence-electron chi connectivity index (χ2n) is 4.76. The average molecular weight is 314 g/mol. The topological polar surface area (TPSA) is 77.5 Å². The second kappa shape index (κ2) is 7.40. The van der Waals surface area contributed by atoms with Crippen molar-refractivity contribution in [3.8, 4) is 5.88 Å². The summed E-state index contributed by atoms with van der Waals surface area (Å²) in [6.45, 7) is 4.07. The van der Waals surface area contributed by atoms with Gasteiger partial charge in [-0.05, 0) is 43.7 Å². The molecule has 0 atom stereocenters.